The van der Waals surface area contributed by atoms with E-state index in [1.807, 2.05) is 0 Å². The molecule has 8 heavy (non-hydrogen) atoms. The molecule has 1 radical (unpaired) electrons. The Labute approximate surface area is 47.2 Å². The van der Waals surface area contributed by atoms with Crippen molar-refractivity contribution in [1.29, 1.82) is 0 Å². The third kappa shape index (κ3) is 1.39. The molecule has 0 aliphatic rings. The molecule has 0 saturated carbocycles. The summed E-state index contributed by atoms with van der Waals surface area (Å²) in [7, 11) is 0. The number of carbonyl (C=O) groups is 1. The predicted octanol–water partition coefficient (Wildman–Crippen LogP) is -0.145. The third-order valence-corrected chi connectivity index (χ3v) is 0.528. The van der Waals surface area contributed by atoms with Crippen LogP contribution < -0.4 is 0 Å². The number of hydrogen-bond donors (Lipinski definition) is 0. The van der Waals surface area contributed by atoms with Gasteiger partial charge in [-0.2, -0.15) is 0 Å². The highest BCUT2D eigenvalue weighted by atomic mass is 16.1. The van der Waals surface area contributed by atoms with Crippen molar-refractivity contribution in [2.45, 2.75) is 0 Å². The lowest BCUT2D eigenvalue weighted by molar-refractivity contribution is -0.110. The summed E-state index contributed by atoms with van der Waals surface area (Å²) in [6.45, 7) is 3.03. The molecule has 0 unspecified atom stereocenters. The molecular formula is C6H3O2. The van der Waals surface area contributed by atoms with Gasteiger partial charge in [0.2, 0.25) is 12.1 Å². The lowest BCUT2D eigenvalue weighted by Gasteiger charge is -1.78. The Bertz CT molecular complexity index is 171. The minimum atomic E-state index is -0.708. The molecule has 0 atom stereocenters. The van der Waals surface area contributed by atoms with Gasteiger partial charge in [0.15, 0.2) is 0 Å². The van der Waals surface area contributed by atoms with Crippen LogP contribution >= 0.6 is 0 Å². The Hall–Kier alpha value is -1.36. The molecule has 39 valence electrons. The first-order valence-corrected chi connectivity index (χ1v) is 1.80. The first-order chi connectivity index (χ1) is 3.72. The first-order valence-electron chi connectivity index (χ1n) is 1.80. The normalized spacial score (nSPS) is 6.88. The van der Waals surface area contributed by atoms with Gasteiger partial charge >= 0.3 is 0 Å². The molecule has 0 N–H and O–H groups in total. The van der Waals surface area contributed by atoms with Crippen molar-refractivity contribution >= 4 is 12.1 Å². The highest BCUT2D eigenvalue weighted by Gasteiger charge is 1.99. The number of allylic oxidation sites excluding steroid dienone is 1. The van der Waals surface area contributed by atoms with E-state index in [4.69, 9.17) is 0 Å². The van der Waals surface area contributed by atoms with Gasteiger partial charge in [-0.15, -0.1) is 6.42 Å². The summed E-state index contributed by atoms with van der Waals surface area (Å²) in [5.41, 5.74) is -0.299. The van der Waals surface area contributed by atoms with Gasteiger partial charge in [0.25, 0.3) is 0 Å². The summed E-state index contributed by atoms with van der Waals surface area (Å²) in [5, 5.41) is 0. The van der Waals surface area contributed by atoms with Gasteiger partial charge in [-0.3, -0.25) is 9.59 Å². The smallest absolute Gasteiger partial charge is 0.239 e. The fraction of sp³-hybridized carbons (Fsp3) is 0. The Kier molecular flexibility index (Phi) is 2.29. The van der Waals surface area contributed by atoms with Gasteiger partial charge in [-0.25, -0.2) is 0 Å². The van der Waals surface area contributed by atoms with Gasteiger partial charge in [0.1, 0.15) is 0 Å². The number of Topliss-reactive ketones (excluding diaryl/α,β-unsaturated/α-hetero) is 1. The van der Waals surface area contributed by atoms with E-state index in [0.717, 1.165) is 0 Å². The topological polar surface area (TPSA) is 34.1 Å². The SMILES string of the molecule is C#CC(=O)C(=C)[C]=O. The van der Waals surface area contributed by atoms with Crippen LogP contribution in [0.15, 0.2) is 12.2 Å². The summed E-state index contributed by atoms with van der Waals surface area (Å²) in [4.78, 5) is 19.7. The van der Waals surface area contributed by atoms with Crippen LogP contribution in [0.25, 0.3) is 0 Å². The van der Waals surface area contributed by atoms with Gasteiger partial charge in [0.05, 0.1) is 5.57 Å². The largest absolute Gasteiger partial charge is 0.285 e. The molecule has 0 rings (SSSR count). The number of carbonyl (C=O) groups excluding carboxylic acids is 2. The van der Waals surface area contributed by atoms with E-state index in [9.17, 15) is 9.59 Å². The lowest BCUT2D eigenvalue weighted by atomic mass is 10.2. The summed E-state index contributed by atoms with van der Waals surface area (Å²) < 4.78 is 0. The third-order valence-electron chi connectivity index (χ3n) is 0.528. The van der Waals surface area contributed by atoms with Crippen molar-refractivity contribution in [1.82, 2.24) is 0 Å². The maximum Gasteiger partial charge on any atom is 0.239 e. The van der Waals surface area contributed by atoms with Crippen LogP contribution in [0.3, 0.4) is 0 Å². The van der Waals surface area contributed by atoms with E-state index in [1.54, 1.807) is 5.92 Å². The van der Waals surface area contributed by atoms with Crippen LogP contribution in [0, 0.1) is 12.3 Å². The molecule has 0 aliphatic heterocycles. The van der Waals surface area contributed by atoms with Crippen LogP contribution in [0.4, 0.5) is 0 Å². The molecule has 0 fully saturated rings. The second-order valence-electron chi connectivity index (χ2n) is 1.05. The molecule has 0 bridgehead atoms. The zero-order valence-corrected chi connectivity index (χ0v) is 4.10. The average molecular weight is 107 g/mol. The first kappa shape index (κ1) is 6.64. The van der Waals surface area contributed by atoms with Gasteiger partial charge in [0, 0.05) is 0 Å². The molecule has 2 heteroatoms. The van der Waals surface area contributed by atoms with E-state index in [2.05, 4.69) is 13.0 Å². The second-order valence-corrected chi connectivity index (χ2v) is 1.05. The summed E-state index contributed by atoms with van der Waals surface area (Å²) in [6.07, 6.45) is 5.89. The molecule has 0 heterocycles. The standard InChI is InChI=1S/C6H3O2/c1-3-6(8)5(2)4-7/h1H,2H2. The quantitative estimate of drug-likeness (QED) is 0.162. The Morgan fingerprint density at radius 1 is 1.62 bits per heavy atom. The molecule has 2 nitrogen and oxygen atoms in total. The van der Waals surface area contributed by atoms with Gasteiger partial charge in [-0.1, -0.05) is 6.58 Å². The molecule has 0 aromatic rings. The van der Waals surface area contributed by atoms with Crippen LogP contribution in [-0.2, 0) is 9.59 Å². The molecule has 0 amide bonds. The number of ketones is 1. The number of rotatable bonds is 2. The van der Waals surface area contributed by atoms with Crippen molar-refractivity contribution < 1.29 is 9.59 Å². The van der Waals surface area contributed by atoms with Crippen LogP contribution in [-0.4, -0.2) is 12.1 Å². The van der Waals surface area contributed by atoms with Crippen molar-refractivity contribution in [3.8, 4) is 12.3 Å². The van der Waals surface area contributed by atoms with Gasteiger partial charge < -0.3 is 0 Å². The van der Waals surface area contributed by atoms with E-state index < -0.39 is 5.78 Å². The molecule has 0 saturated heterocycles. The summed E-state index contributed by atoms with van der Waals surface area (Å²) >= 11 is 0. The zero-order valence-electron chi connectivity index (χ0n) is 4.10. The molecule has 0 aromatic heterocycles. The molecular weight excluding hydrogens is 104 g/mol. The fourth-order valence-corrected chi connectivity index (χ4v) is 0.133. The van der Waals surface area contributed by atoms with Crippen LogP contribution in [0.5, 0.6) is 0 Å². The summed E-state index contributed by atoms with van der Waals surface area (Å²) in [6, 6.07) is 0. The maximum absolute atomic E-state index is 10.1. The zero-order chi connectivity index (χ0) is 6.57. The average Bonchev–Trinajstić information content (AvgIpc) is 1.84. The predicted molar refractivity (Wildman–Crippen MR) is 28.7 cm³/mol. The second kappa shape index (κ2) is 2.75. The van der Waals surface area contributed by atoms with Crippen molar-refractivity contribution in [3.63, 3.8) is 0 Å². The Morgan fingerprint density at radius 3 is 2.25 bits per heavy atom. The summed E-state index contributed by atoms with van der Waals surface area (Å²) in [5.74, 6) is 1.01. The Balaban J connectivity index is 4.09. The molecule has 0 aliphatic carbocycles. The maximum atomic E-state index is 10.1. The number of terminal acetylenes is 1. The number of hydrogen-bond acceptors (Lipinski definition) is 2. The minimum absolute atomic E-state index is 0.299. The van der Waals surface area contributed by atoms with E-state index in [0.29, 0.717) is 0 Å². The highest BCUT2D eigenvalue weighted by molar-refractivity contribution is 6.19. The monoisotopic (exact) mass is 107 g/mol. The molecule has 0 spiro atoms. The van der Waals surface area contributed by atoms with E-state index in [-0.39, 0.29) is 5.57 Å². The van der Waals surface area contributed by atoms with E-state index in [1.165, 1.54) is 6.29 Å². The van der Waals surface area contributed by atoms with E-state index >= 15 is 0 Å². The fourth-order valence-electron chi connectivity index (χ4n) is 0.133. The van der Waals surface area contributed by atoms with Crippen molar-refractivity contribution in [2.24, 2.45) is 0 Å². The van der Waals surface area contributed by atoms with Crippen LogP contribution in [0.1, 0.15) is 0 Å². The Morgan fingerprint density at radius 2 is 2.12 bits per heavy atom. The highest BCUT2D eigenvalue weighted by Crippen LogP contribution is 1.82. The van der Waals surface area contributed by atoms with Crippen molar-refractivity contribution in [3.05, 3.63) is 12.2 Å². The van der Waals surface area contributed by atoms with Crippen LogP contribution in [0.2, 0.25) is 0 Å². The lowest BCUT2D eigenvalue weighted by Crippen LogP contribution is -1.96. The minimum Gasteiger partial charge on any atom is -0.285 e. The van der Waals surface area contributed by atoms with Crippen molar-refractivity contribution in [2.75, 3.05) is 0 Å². The van der Waals surface area contributed by atoms with Gasteiger partial charge in [-0.05, 0) is 5.92 Å². The molecule has 0 aromatic carbocycles.